The van der Waals surface area contributed by atoms with Crippen molar-refractivity contribution < 1.29 is 9.53 Å². The van der Waals surface area contributed by atoms with E-state index in [1.54, 1.807) is 13.3 Å². The number of nitrogens with zero attached hydrogens (tertiary/aromatic N) is 1. The number of pyridine rings is 1. The minimum absolute atomic E-state index is 0.109. The molecule has 0 N–H and O–H groups in total. The first-order valence-corrected chi connectivity index (χ1v) is 7.33. The van der Waals surface area contributed by atoms with Gasteiger partial charge in [-0.1, -0.05) is 6.07 Å². The average Bonchev–Trinajstić information content (AvgIpc) is 2.53. The molecule has 1 unspecified atom stereocenters. The van der Waals surface area contributed by atoms with Crippen LogP contribution >= 0.6 is 0 Å². The second-order valence-corrected chi connectivity index (χ2v) is 5.54. The Morgan fingerprint density at radius 1 is 1.33 bits per heavy atom. The molecule has 0 amide bonds. The number of aromatic nitrogens is 1. The van der Waals surface area contributed by atoms with E-state index in [9.17, 15) is 4.79 Å². The van der Waals surface area contributed by atoms with Gasteiger partial charge in [0.05, 0.1) is 18.7 Å². The number of Topliss-reactive ketones (excluding diaryl/α,β-unsaturated/α-hetero) is 1. The highest BCUT2D eigenvalue weighted by Crippen LogP contribution is 2.33. The highest BCUT2D eigenvalue weighted by molar-refractivity contribution is 6.01. The molecule has 3 heteroatoms. The maximum Gasteiger partial charge on any atom is 0.171 e. The van der Waals surface area contributed by atoms with E-state index in [1.807, 2.05) is 31.2 Å². The zero-order valence-corrected chi connectivity index (χ0v) is 12.4. The van der Waals surface area contributed by atoms with E-state index in [0.29, 0.717) is 0 Å². The van der Waals surface area contributed by atoms with Gasteiger partial charge < -0.3 is 4.74 Å². The molecule has 2 aromatic rings. The van der Waals surface area contributed by atoms with Gasteiger partial charge in [-0.3, -0.25) is 9.78 Å². The summed E-state index contributed by atoms with van der Waals surface area (Å²) < 4.78 is 5.26. The predicted molar refractivity (Wildman–Crippen MR) is 82.0 cm³/mol. The maximum absolute atomic E-state index is 12.8. The van der Waals surface area contributed by atoms with Gasteiger partial charge in [0, 0.05) is 11.8 Å². The van der Waals surface area contributed by atoms with E-state index in [1.165, 1.54) is 5.56 Å². The Balaban J connectivity index is 1.95. The van der Waals surface area contributed by atoms with Gasteiger partial charge >= 0.3 is 0 Å². The molecule has 0 saturated carbocycles. The number of aryl methyl sites for hydroxylation is 2. The van der Waals surface area contributed by atoms with Crippen molar-refractivity contribution in [2.75, 3.05) is 7.11 Å². The van der Waals surface area contributed by atoms with Crippen molar-refractivity contribution in [3.05, 3.63) is 58.9 Å². The number of hydrogen-bond acceptors (Lipinski definition) is 3. The molecule has 0 bridgehead atoms. The van der Waals surface area contributed by atoms with Gasteiger partial charge in [0.1, 0.15) is 5.75 Å². The van der Waals surface area contributed by atoms with Crippen molar-refractivity contribution in [3.8, 4) is 5.75 Å². The molecular weight excluding hydrogens is 262 g/mol. The van der Waals surface area contributed by atoms with Crippen LogP contribution in [0.5, 0.6) is 5.75 Å². The van der Waals surface area contributed by atoms with Crippen molar-refractivity contribution in [2.45, 2.75) is 32.1 Å². The summed E-state index contributed by atoms with van der Waals surface area (Å²) in [6.45, 7) is 1.96. The second kappa shape index (κ2) is 5.68. The van der Waals surface area contributed by atoms with Gasteiger partial charge in [-0.2, -0.15) is 0 Å². The quantitative estimate of drug-likeness (QED) is 0.805. The normalized spacial score (nSPS) is 17.1. The lowest BCUT2D eigenvalue weighted by atomic mass is 9.82. The van der Waals surface area contributed by atoms with E-state index < -0.39 is 0 Å². The number of ether oxygens (including phenoxy) is 1. The second-order valence-electron chi connectivity index (χ2n) is 5.54. The van der Waals surface area contributed by atoms with Crippen LogP contribution in [-0.2, 0) is 6.42 Å². The van der Waals surface area contributed by atoms with Crippen LogP contribution in [0.1, 0.15) is 45.9 Å². The highest BCUT2D eigenvalue weighted by atomic mass is 16.5. The van der Waals surface area contributed by atoms with Crippen LogP contribution < -0.4 is 4.74 Å². The first kappa shape index (κ1) is 13.8. The Morgan fingerprint density at radius 3 is 2.95 bits per heavy atom. The first-order valence-electron chi connectivity index (χ1n) is 7.33. The van der Waals surface area contributed by atoms with Gasteiger partial charge in [-0.05, 0) is 61.6 Å². The minimum Gasteiger partial charge on any atom is -0.496 e. The molecule has 3 nitrogen and oxygen atoms in total. The summed E-state index contributed by atoms with van der Waals surface area (Å²) in [5.74, 6) is 0.872. The van der Waals surface area contributed by atoms with Crippen molar-refractivity contribution in [1.82, 2.24) is 4.98 Å². The number of fused-ring (bicyclic) bond motifs is 1. The van der Waals surface area contributed by atoms with Gasteiger partial charge in [-0.15, -0.1) is 0 Å². The molecule has 21 heavy (non-hydrogen) atoms. The third kappa shape index (κ3) is 2.56. The predicted octanol–water partition coefficient (Wildman–Crippen LogP) is 3.70. The summed E-state index contributed by atoms with van der Waals surface area (Å²) in [6.07, 6.45) is 4.73. The molecule has 3 rings (SSSR count). The fourth-order valence-corrected chi connectivity index (χ4v) is 3.10. The lowest BCUT2D eigenvalue weighted by molar-refractivity contribution is 0.0949. The van der Waals surface area contributed by atoms with Gasteiger partial charge in [0.25, 0.3) is 0 Å². The summed E-state index contributed by atoms with van der Waals surface area (Å²) >= 11 is 0. The van der Waals surface area contributed by atoms with Crippen LogP contribution in [0, 0.1) is 6.92 Å². The topological polar surface area (TPSA) is 39.2 Å². The zero-order chi connectivity index (χ0) is 14.8. The van der Waals surface area contributed by atoms with E-state index in [2.05, 4.69) is 11.1 Å². The molecule has 1 aromatic carbocycles. The fourth-order valence-electron chi connectivity index (χ4n) is 3.10. The summed E-state index contributed by atoms with van der Waals surface area (Å²) in [5, 5.41) is 0. The number of carbonyl (C=O) groups excluding carboxylic acids is 1. The summed E-state index contributed by atoms with van der Waals surface area (Å²) in [6, 6.07) is 9.67. The molecule has 108 valence electrons. The Kier molecular flexibility index (Phi) is 3.74. The highest BCUT2D eigenvalue weighted by Gasteiger charge is 2.28. The largest absolute Gasteiger partial charge is 0.496 e. The van der Waals surface area contributed by atoms with Crippen molar-refractivity contribution in [1.29, 1.82) is 0 Å². The third-order valence-corrected chi connectivity index (χ3v) is 4.19. The van der Waals surface area contributed by atoms with E-state index in [0.717, 1.165) is 41.8 Å². The number of hydrogen-bond donors (Lipinski definition) is 0. The van der Waals surface area contributed by atoms with Crippen molar-refractivity contribution >= 4 is 5.78 Å². The third-order valence-electron chi connectivity index (χ3n) is 4.19. The number of benzene rings is 1. The number of rotatable bonds is 3. The van der Waals surface area contributed by atoms with Crippen molar-refractivity contribution in [2.24, 2.45) is 0 Å². The van der Waals surface area contributed by atoms with Crippen molar-refractivity contribution in [3.63, 3.8) is 0 Å². The fraction of sp³-hybridized carbons (Fsp3) is 0.333. The zero-order valence-electron chi connectivity index (χ0n) is 12.4. The first-order chi connectivity index (χ1) is 10.2. The Morgan fingerprint density at radius 2 is 2.19 bits per heavy atom. The molecule has 0 fully saturated rings. The minimum atomic E-state index is -0.109. The lowest BCUT2D eigenvalue weighted by Gasteiger charge is -2.23. The SMILES string of the molecule is COc1ccc(C(=O)C2CCCc3cccnc32)cc1C. The molecule has 1 atom stereocenters. The molecule has 1 aliphatic carbocycles. The summed E-state index contributed by atoms with van der Waals surface area (Å²) in [7, 11) is 1.64. The Labute approximate surface area is 125 Å². The van der Waals surface area contributed by atoms with Crippen LogP contribution in [0.4, 0.5) is 0 Å². The van der Waals surface area contributed by atoms with E-state index in [4.69, 9.17) is 4.74 Å². The molecule has 1 heterocycles. The van der Waals surface area contributed by atoms with Crippen LogP contribution in [-0.4, -0.2) is 17.9 Å². The van der Waals surface area contributed by atoms with Gasteiger partial charge in [0.15, 0.2) is 5.78 Å². The molecule has 1 aliphatic rings. The number of methoxy groups -OCH3 is 1. The lowest BCUT2D eigenvalue weighted by Crippen LogP contribution is -2.20. The van der Waals surface area contributed by atoms with Crippen LogP contribution in [0.25, 0.3) is 0 Å². The average molecular weight is 281 g/mol. The molecule has 0 aliphatic heterocycles. The van der Waals surface area contributed by atoms with Crippen LogP contribution in [0.3, 0.4) is 0 Å². The summed E-state index contributed by atoms with van der Waals surface area (Å²) in [4.78, 5) is 17.3. The standard InChI is InChI=1S/C18H19NO2/c1-12-11-14(8-9-16(12)21-2)18(20)15-7-3-5-13-6-4-10-19-17(13)15/h4,6,8-11,15H,3,5,7H2,1-2H3. The molecule has 0 spiro atoms. The summed E-state index contributed by atoms with van der Waals surface area (Å²) in [5.41, 5.74) is 3.91. The van der Waals surface area contributed by atoms with E-state index in [-0.39, 0.29) is 11.7 Å². The smallest absolute Gasteiger partial charge is 0.171 e. The Bertz CT molecular complexity index is 679. The van der Waals surface area contributed by atoms with Gasteiger partial charge in [0.2, 0.25) is 0 Å². The molecule has 0 saturated heterocycles. The molecule has 0 radical (unpaired) electrons. The molecule has 1 aromatic heterocycles. The molecular formula is C18H19NO2. The monoisotopic (exact) mass is 281 g/mol. The maximum atomic E-state index is 12.8. The Hall–Kier alpha value is -2.16. The van der Waals surface area contributed by atoms with Crippen LogP contribution in [0.2, 0.25) is 0 Å². The van der Waals surface area contributed by atoms with E-state index >= 15 is 0 Å². The van der Waals surface area contributed by atoms with Gasteiger partial charge in [-0.25, -0.2) is 0 Å². The van der Waals surface area contributed by atoms with Crippen LogP contribution in [0.15, 0.2) is 36.5 Å². The number of ketones is 1. The number of carbonyl (C=O) groups is 1.